The maximum atomic E-state index is 9.83. The van der Waals surface area contributed by atoms with Gasteiger partial charge in [0.2, 0.25) is 0 Å². The fraction of sp³-hybridized carbons (Fsp3) is 1.00. The Bertz CT molecular complexity index is 249. The Balaban J connectivity index is 0.000000281. The van der Waals surface area contributed by atoms with E-state index >= 15 is 0 Å². The van der Waals surface area contributed by atoms with Crippen LogP contribution in [-0.4, -0.2) is 63.9 Å². The van der Waals surface area contributed by atoms with Crippen LogP contribution in [0.3, 0.4) is 0 Å². The Morgan fingerprint density at radius 3 is 2.06 bits per heavy atom. The van der Waals surface area contributed by atoms with Gasteiger partial charge in [-0.2, -0.15) is 0 Å². The zero-order valence-electron chi connectivity index (χ0n) is 10.5. The molecule has 0 bridgehead atoms. The largest absolute Gasteiger partial charge is 0.748 e. The summed E-state index contributed by atoms with van der Waals surface area (Å²) in [6.07, 6.45) is 1.23. The van der Waals surface area contributed by atoms with Crippen molar-refractivity contribution in [2.45, 2.75) is 19.8 Å². The highest BCUT2D eigenvalue weighted by Crippen LogP contribution is 1.90. The molecule has 5 nitrogen and oxygen atoms in total. The molecule has 0 aromatic rings. The SMILES string of the molecule is CCCCS(=O)(=O)[O-].CN1CC[NH+](C)CC1. The average molecular weight is 252 g/mol. The topological polar surface area (TPSA) is 64.9 Å². The third-order valence-electron chi connectivity index (χ3n) is 2.59. The zero-order chi connectivity index (χ0) is 12.6. The van der Waals surface area contributed by atoms with Gasteiger partial charge in [-0.3, -0.25) is 4.90 Å². The Morgan fingerprint density at radius 1 is 1.31 bits per heavy atom. The van der Waals surface area contributed by atoms with Crippen LogP contribution in [0, 0.1) is 0 Å². The van der Waals surface area contributed by atoms with Crippen LogP contribution >= 0.6 is 0 Å². The van der Waals surface area contributed by atoms with E-state index in [1.54, 1.807) is 4.90 Å². The molecule has 1 fully saturated rings. The highest BCUT2D eigenvalue weighted by Gasteiger charge is 2.11. The highest BCUT2D eigenvalue weighted by molar-refractivity contribution is 7.85. The number of nitrogens with one attached hydrogen (secondary N) is 1. The van der Waals surface area contributed by atoms with Crippen LogP contribution in [0.15, 0.2) is 0 Å². The van der Waals surface area contributed by atoms with Crippen molar-refractivity contribution in [3.8, 4) is 0 Å². The van der Waals surface area contributed by atoms with Gasteiger partial charge < -0.3 is 9.45 Å². The third-order valence-corrected chi connectivity index (χ3v) is 3.38. The number of likely N-dealkylation sites (N-methyl/N-ethyl adjacent to an activating group) is 2. The monoisotopic (exact) mass is 252 g/mol. The second kappa shape index (κ2) is 8.00. The summed E-state index contributed by atoms with van der Waals surface area (Å²) in [6.45, 7) is 7.01. The summed E-state index contributed by atoms with van der Waals surface area (Å²) in [6, 6.07) is 0. The first kappa shape index (κ1) is 15.8. The van der Waals surface area contributed by atoms with Gasteiger partial charge in [0.1, 0.15) is 0 Å². The Morgan fingerprint density at radius 2 is 1.81 bits per heavy atom. The summed E-state index contributed by atoms with van der Waals surface area (Å²) in [4.78, 5) is 4.05. The van der Waals surface area contributed by atoms with Crippen molar-refractivity contribution in [2.24, 2.45) is 0 Å². The van der Waals surface area contributed by atoms with Crippen molar-refractivity contribution in [3.63, 3.8) is 0 Å². The summed E-state index contributed by atoms with van der Waals surface area (Å²) in [5.74, 6) is -0.219. The van der Waals surface area contributed by atoms with E-state index in [0.29, 0.717) is 6.42 Å². The number of unbranched alkanes of at least 4 members (excludes halogenated alkanes) is 1. The standard InChI is InChI=1S/C6H14N2.C4H10O3S/c1-7-3-5-8(2)6-4-7;1-2-3-4-8(5,6)7/h3-6H2,1-2H3;2-4H2,1H3,(H,5,6,7). The zero-order valence-corrected chi connectivity index (χ0v) is 11.3. The van der Waals surface area contributed by atoms with E-state index in [1.807, 2.05) is 6.92 Å². The van der Waals surface area contributed by atoms with Crippen molar-refractivity contribution >= 4 is 10.1 Å². The number of rotatable bonds is 3. The first-order valence-corrected chi connectivity index (χ1v) is 7.36. The minimum Gasteiger partial charge on any atom is -0.748 e. The van der Waals surface area contributed by atoms with Gasteiger partial charge in [-0.05, 0) is 13.5 Å². The fourth-order valence-electron chi connectivity index (χ4n) is 1.32. The van der Waals surface area contributed by atoms with Crippen LogP contribution in [0.5, 0.6) is 0 Å². The van der Waals surface area contributed by atoms with Crippen LogP contribution in [-0.2, 0) is 10.1 Å². The molecular weight excluding hydrogens is 228 g/mol. The van der Waals surface area contributed by atoms with Crippen LogP contribution in [0.25, 0.3) is 0 Å². The van der Waals surface area contributed by atoms with Gasteiger partial charge in [0, 0.05) is 18.8 Å². The molecule has 0 aromatic heterocycles. The van der Waals surface area contributed by atoms with E-state index in [2.05, 4.69) is 19.0 Å². The maximum Gasteiger partial charge on any atom is 0.0945 e. The summed E-state index contributed by atoms with van der Waals surface area (Å²) in [7, 11) is 0.508. The lowest BCUT2D eigenvalue weighted by atomic mass is 10.4. The number of quaternary nitrogens is 1. The lowest BCUT2D eigenvalue weighted by molar-refractivity contribution is -0.884. The van der Waals surface area contributed by atoms with Gasteiger partial charge in [-0.15, -0.1) is 0 Å². The van der Waals surface area contributed by atoms with E-state index in [4.69, 9.17) is 0 Å². The van der Waals surface area contributed by atoms with Gasteiger partial charge in [0.25, 0.3) is 0 Å². The van der Waals surface area contributed by atoms with Crippen molar-refractivity contribution in [1.82, 2.24) is 4.90 Å². The number of piperazine rings is 1. The van der Waals surface area contributed by atoms with Crippen molar-refractivity contribution in [2.75, 3.05) is 46.0 Å². The van der Waals surface area contributed by atoms with E-state index < -0.39 is 10.1 Å². The number of nitrogens with zero attached hydrogens (tertiary/aromatic N) is 1. The molecule has 1 aliphatic rings. The molecule has 0 atom stereocenters. The van der Waals surface area contributed by atoms with Crippen molar-refractivity contribution in [3.05, 3.63) is 0 Å². The molecule has 6 heteroatoms. The fourth-order valence-corrected chi connectivity index (χ4v) is 1.96. The lowest BCUT2D eigenvalue weighted by Crippen LogP contribution is -3.11. The molecule has 0 saturated carbocycles. The summed E-state index contributed by atoms with van der Waals surface area (Å²) >= 11 is 0. The molecule has 0 aromatic carbocycles. The predicted octanol–water partition coefficient (Wildman–Crippen LogP) is -1.22. The van der Waals surface area contributed by atoms with Crippen molar-refractivity contribution in [1.29, 1.82) is 0 Å². The van der Waals surface area contributed by atoms with Gasteiger partial charge in [0.05, 0.1) is 30.3 Å². The first-order valence-electron chi connectivity index (χ1n) is 5.78. The Hall–Kier alpha value is -0.170. The predicted molar refractivity (Wildman–Crippen MR) is 63.6 cm³/mol. The van der Waals surface area contributed by atoms with Gasteiger partial charge in [0.15, 0.2) is 0 Å². The Kier molecular flexibility index (Phi) is 7.91. The summed E-state index contributed by atoms with van der Waals surface area (Å²) < 4.78 is 29.5. The minimum absolute atomic E-state index is 0.219. The molecule has 1 aliphatic heterocycles. The molecule has 0 spiro atoms. The molecule has 1 rings (SSSR count). The number of hydrogen-bond acceptors (Lipinski definition) is 4. The van der Waals surface area contributed by atoms with E-state index in [9.17, 15) is 13.0 Å². The third kappa shape index (κ3) is 10.4. The molecule has 0 amide bonds. The first-order chi connectivity index (χ1) is 7.35. The normalized spacial score (nSPS) is 19.0. The smallest absolute Gasteiger partial charge is 0.0945 e. The summed E-state index contributed by atoms with van der Waals surface area (Å²) in [5, 5.41) is 0. The molecular formula is C10H24N2O3S. The molecule has 1 saturated heterocycles. The summed E-state index contributed by atoms with van der Waals surface area (Å²) in [5.41, 5.74) is 0. The maximum absolute atomic E-state index is 9.83. The Labute approximate surface area is 99.2 Å². The van der Waals surface area contributed by atoms with Crippen LogP contribution in [0.4, 0.5) is 0 Å². The molecule has 0 radical (unpaired) electrons. The van der Waals surface area contributed by atoms with Crippen molar-refractivity contribution < 1.29 is 17.9 Å². The van der Waals surface area contributed by atoms with Crippen LogP contribution < -0.4 is 4.90 Å². The average Bonchev–Trinajstić information content (AvgIpc) is 2.19. The van der Waals surface area contributed by atoms with Crippen LogP contribution in [0.1, 0.15) is 19.8 Å². The van der Waals surface area contributed by atoms with Gasteiger partial charge in [-0.1, -0.05) is 13.3 Å². The molecule has 16 heavy (non-hydrogen) atoms. The highest BCUT2D eigenvalue weighted by atomic mass is 32.2. The molecule has 1 heterocycles. The van der Waals surface area contributed by atoms with Gasteiger partial charge >= 0.3 is 0 Å². The molecule has 1 N–H and O–H groups in total. The minimum atomic E-state index is -3.94. The van der Waals surface area contributed by atoms with Gasteiger partial charge in [-0.25, -0.2) is 8.42 Å². The van der Waals surface area contributed by atoms with Crippen LogP contribution in [0.2, 0.25) is 0 Å². The van der Waals surface area contributed by atoms with E-state index in [1.165, 1.54) is 26.2 Å². The second-order valence-corrected chi connectivity index (χ2v) is 5.90. The second-order valence-electron chi connectivity index (χ2n) is 4.38. The van der Waals surface area contributed by atoms with E-state index in [-0.39, 0.29) is 5.75 Å². The molecule has 0 aliphatic carbocycles. The molecule has 98 valence electrons. The number of hydrogen-bond donors (Lipinski definition) is 1. The molecule has 0 unspecified atom stereocenters. The lowest BCUT2D eigenvalue weighted by Gasteiger charge is -2.26. The quantitative estimate of drug-likeness (QED) is 0.639. The van der Waals surface area contributed by atoms with E-state index in [0.717, 1.165) is 6.42 Å².